The lowest BCUT2D eigenvalue weighted by Gasteiger charge is -2.36. The summed E-state index contributed by atoms with van der Waals surface area (Å²) in [5.41, 5.74) is 2.10. The molecule has 2 amide bonds. The molecule has 0 aliphatic carbocycles. The van der Waals surface area contributed by atoms with Crippen molar-refractivity contribution in [1.29, 1.82) is 0 Å². The van der Waals surface area contributed by atoms with Gasteiger partial charge in [-0.05, 0) is 37.9 Å². The Morgan fingerprint density at radius 3 is 2.08 bits per heavy atom. The molecule has 0 aromatic heterocycles. The van der Waals surface area contributed by atoms with Crippen LogP contribution in [0.15, 0.2) is 59.5 Å². The number of hydrogen-bond donors (Lipinski definition) is 3. The zero-order chi connectivity index (χ0) is 27.4. The number of hydrogen-bond acceptors (Lipinski definition) is 7. The number of piperazine rings is 1. The van der Waals surface area contributed by atoms with Gasteiger partial charge in [0.15, 0.2) is 0 Å². The highest BCUT2D eigenvalue weighted by Crippen LogP contribution is 2.24. The molecule has 0 saturated carbocycles. The molecule has 0 spiro atoms. The van der Waals surface area contributed by atoms with E-state index in [1.165, 1.54) is 5.56 Å². The van der Waals surface area contributed by atoms with Crippen molar-refractivity contribution in [2.45, 2.75) is 24.4 Å². The van der Waals surface area contributed by atoms with E-state index in [1.54, 1.807) is 11.8 Å². The Labute approximate surface area is 221 Å². The van der Waals surface area contributed by atoms with Crippen LogP contribution in [-0.2, 0) is 25.7 Å². The molecule has 1 aliphatic heterocycles. The first-order valence-corrected chi connectivity index (χ1v) is 13.0. The zero-order valence-corrected chi connectivity index (χ0v) is 22.1. The second-order valence-corrected chi connectivity index (χ2v) is 9.38. The number of carbonyl (C=O) groups is 4. The number of nitrogens with zero attached hydrogens (tertiary/aromatic N) is 3. The van der Waals surface area contributed by atoms with E-state index in [0.717, 1.165) is 43.3 Å². The van der Waals surface area contributed by atoms with E-state index in [2.05, 4.69) is 34.5 Å². The van der Waals surface area contributed by atoms with E-state index in [-0.39, 0.29) is 18.4 Å². The minimum absolute atomic E-state index is 0.0750. The first kappa shape index (κ1) is 29.8. The van der Waals surface area contributed by atoms with Gasteiger partial charge in [-0.1, -0.05) is 42.5 Å². The summed E-state index contributed by atoms with van der Waals surface area (Å²) >= 11 is 1.59. The number of carbonyl (C=O) groups excluding carboxylic acids is 2. The number of anilines is 1. The van der Waals surface area contributed by atoms with Gasteiger partial charge in [0.25, 0.3) is 0 Å². The summed E-state index contributed by atoms with van der Waals surface area (Å²) in [4.78, 5) is 50.8. The Morgan fingerprint density at radius 1 is 0.946 bits per heavy atom. The highest BCUT2D eigenvalue weighted by atomic mass is 32.2. The summed E-state index contributed by atoms with van der Waals surface area (Å²) in [6.45, 7) is 6.16. The SMILES string of the molecule is CSc1ccccc1NC(=O)C(C)N(C)CC(=O)N1CCN(Cc2ccccc2)CC1.O=C(O)C(=O)O. The third-order valence-corrected chi connectivity index (χ3v) is 6.74. The Balaban J connectivity index is 0.000000717. The third-order valence-electron chi connectivity index (χ3n) is 5.95. The Kier molecular flexibility index (Phi) is 12.1. The van der Waals surface area contributed by atoms with Gasteiger partial charge in [-0.2, -0.15) is 0 Å². The average Bonchev–Trinajstić information content (AvgIpc) is 2.89. The Bertz CT molecular complexity index is 1050. The van der Waals surface area contributed by atoms with E-state index in [0.29, 0.717) is 0 Å². The molecule has 1 atom stereocenters. The quantitative estimate of drug-likeness (QED) is 0.347. The molecule has 0 radical (unpaired) electrons. The number of para-hydroxylation sites is 1. The van der Waals surface area contributed by atoms with Crippen LogP contribution in [0, 0.1) is 0 Å². The second-order valence-electron chi connectivity index (χ2n) is 8.53. The van der Waals surface area contributed by atoms with Gasteiger partial charge in [0, 0.05) is 37.6 Å². The number of thioether (sulfide) groups is 1. The summed E-state index contributed by atoms with van der Waals surface area (Å²) in [7, 11) is 1.83. The predicted molar refractivity (Wildman–Crippen MR) is 143 cm³/mol. The highest BCUT2D eigenvalue weighted by molar-refractivity contribution is 7.98. The molecule has 1 unspecified atom stereocenters. The fourth-order valence-electron chi connectivity index (χ4n) is 3.63. The average molecular weight is 531 g/mol. The van der Waals surface area contributed by atoms with Crippen LogP contribution in [0.1, 0.15) is 12.5 Å². The number of carboxylic acid groups (broad SMARTS) is 2. The van der Waals surface area contributed by atoms with Gasteiger partial charge in [-0.3, -0.25) is 19.4 Å². The maximum atomic E-state index is 12.8. The van der Waals surface area contributed by atoms with Crippen molar-refractivity contribution in [3.05, 3.63) is 60.2 Å². The first-order valence-electron chi connectivity index (χ1n) is 11.8. The number of carboxylic acids is 2. The molecule has 10 nitrogen and oxygen atoms in total. The zero-order valence-electron chi connectivity index (χ0n) is 21.3. The number of amides is 2. The molecule has 200 valence electrons. The molecular weight excluding hydrogens is 496 g/mol. The number of aliphatic carboxylic acids is 2. The second kappa shape index (κ2) is 15.0. The standard InChI is InChI=1S/C24H32N4O2S.C2H2O4/c1-19(24(30)25-21-11-7-8-12-22(21)31-3)26(2)18-23(29)28-15-13-27(14-16-28)17-20-9-5-4-6-10-20;3-1(4)2(5)6/h4-12,19H,13-18H2,1-3H3,(H,25,30);(H,3,4)(H,5,6). The largest absolute Gasteiger partial charge is 0.473 e. The lowest BCUT2D eigenvalue weighted by Crippen LogP contribution is -2.52. The number of nitrogens with one attached hydrogen (secondary N) is 1. The van der Waals surface area contributed by atoms with Crippen LogP contribution in [0.2, 0.25) is 0 Å². The van der Waals surface area contributed by atoms with Gasteiger partial charge in [0.1, 0.15) is 0 Å². The van der Waals surface area contributed by atoms with Crippen molar-refractivity contribution in [3.8, 4) is 0 Å². The van der Waals surface area contributed by atoms with Gasteiger partial charge >= 0.3 is 11.9 Å². The molecule has 3 rings (SSSR count). The van der Waals surface area contributed by atoms with Crippen molar-refractivity contribution in [1.82, 2.24) is 14.7 Å². The molecule has 2 aromatic rings. The Hall–Kier alpha value is -3.41. The lowest BCUT2D eigenvalue weighted by atomic mass is 10.2. The molecule has 1 heterocycles. The third kappa shape index (κ3) is 9.87. The molecule has 3 N–H and O–H groups in total. The van der Waals surface area contributed by atoms with Crippen molar-refractivity contribution in [2.75, 3.05) is 51.3 Å². The molecule has 0 bridgehead atoms. The van der Waals surface area contributed by atoms with Crippen LogP contribution in [0.25, 0.3) is 0 Å². The molecule has 11 heteroatoms. The monoisotopic (exact) mass is 530 g/mol. The number of rotatable bonds is 8. The van der Waals surface area contributed by atoms with Crippen molar-refractivity contribution < 1.29 is 29.4 Å². The number of likely N-dealkylation sites (N-methyl/N-ethyl adjacent to an activating group) is 1. The van der Waals surface area contributed by atoms with E-state index in [9.17, 15) is 9.59 Å². The van der Waals surface area contributed by atoms with Crippen LogP contribution in [0.3, 0.4) is 0 Å². The predicted octanol–water partition coefficient (Wildman–Crippen LogP) is 2.17. The topological polar surface area (TPSA) is 130 Å². The summed E-state index contributed by atoms with van der Waals surface area (Å²) in [5, 5.41) is 17.8. The fourth-order valence-corrected chi connectivity index (χ4v) is 4.19. The fraction of sp³-hybridized carbons (Fsp3) is 0.385. The molecule has 1 aliphatic rings. The molecule has 1 fully saturated rings. The summed E-state index contributed by atoms with van der Waals surface area (Å²) in [6.07, 6.45) is 1.98. The summed E-state index contributed by atoms with van der Waals surface area (Å²) in [6, 6.07) is 17.8. The van der Waals surface area contributed by atoms with Gasteiger partial charge in [-0.25, -0.2) is 9.59 Å². The van der Waals surface area contributed by atoms with Gasteiger partial charge in [0.05, 0.1) is 18.3 Å². The highest BCUT2D eigenvalue weighted by Gasteiger charge is 2.25. The molecular formula is C26H34N4O6S. The van der Waals surface area contributed by atoms with E-state index >= 15 is 0 Å². The van der Waals surface area contributed by atoms with Gasteiger partial charge in [-0.15, -0.1) is 11.8 Å². The smallest absolute Gasteiger partial charge is 0.414 e. The summed E-state index contributed by atoms with van der Waals surface area (Å²) < 4.78 is 0. The Morgan fingerprint density at radius 2 is 1.51 bits per heavy atom. The van der Waals surface area contributed by atoms with Crippen molar-refractivity contribution in [3.63, 3.8) is 0 Å². The maximum absolute atomic E-state index is 12.8. The van der Waals surface area contributed by atoms with Crippen LogP contribution in [0.4, 0.5) is 5.69 Å². The molecule has 2 aromatic carbocycles. The normalized spacial score (nSPS) is 14.3. The minimum Gasteiger partial charge on any atom is -0.473 e. The minimum atomic E-state index is -1.82. The van der Waals surface area contributed by atoms with Gasteiger partial charge in [0.2, 0.25) is 11.8 Å². The first-order chi connectivity index (χ1) is 17.6. The van der Waals surface area contributed by atoms with Crippen molar-refractivity contribution >= 4 is 41.2 Å². The van der Waals surface area contributed by atoms with E-state index in [1.807, 2.05) is 60.4 Å². The van der Waals surface area contributed by atoms with Crippen molar-refractivity contribution in [2.24, 2.45) is 0 Å². The number of benzene rings is 2. The van der Waals surface area contributed by atoms with E-state index < -0.39 is 18.0 Å². The van der Waals surface area contributed by atoms with E-state index in [4.69, 9.17) is 19.8 Å². The lowest BCUT2D eigenvalue weighted by molar-refractivity contribution is -0.159. The van der Waals surface area contributed by atoms with Crippen LogP contribution in [-0.4, -0.2) is 101 Å². The van der Waals surface area contributed by atoms with Crippen LogP contribution >= 0.6 is 11.8 Å². The molecule has 1 saturated heterocycles. The van der Waals surface area contributed by atoms with Crippen LogP contribution < -0.4 is 5.32 Å². The van der Waals surface area contributed by atoms with Gasteiger partial charge < -0.3 is 20.4 Å². The summed E-state index contributed by atoms with van der Waals surface area (Å²) in [5.74, 6) is -3.68. The van der Waals surface area contributed by atoms with Crippen LogP contribution in [0.5, 0.6) is 0 Å². The maximum Gasteiger partial charge on any atom is 0.414 e. The molecule has 37 heavy (non-hydrogen) atoms.